The molecule has 0 radical (unpaired) electrons. The monoisotopic (exact) mass is 181 g/mol. The summed E-state index contributed by atoms with van der Waals surface area (Å²) in [5.74, 6) is 0.388. The van der Waals surface area contributed by atoms with Gasteiger partial charge in [-0.15, -0.1) is 0 Å². The lowest BCUT2D eigenvalue weighted by molar-refractivity contribution is 0.0890. The van der Waals surface area contributed by atoms with Crippen molar-refractivity contribution >= 4 is 0 Å². The first-order chi connectivity index (χ1) is 6.38. The van der Waals surface area contributed by atoms with Crippen LogP contribution in [0.3, 0.4) is 0 Å². The zero-order chi connectivity index (χ0) is 9.10. The van der Waals surface area contributed by atoms with Crippen molar-refractivity contribution in [2.24, 2.45) is 5.92 Å². The molecule has 13 heavy (non-hydrogen) atoms. The number of aromatic amines is 1. The minimum Gasteiger partial charge on any atom is -0.388 e. The van der Waals surface area contributed by atoms with Crippen molar-refractivity contribution in [1.29, 1.82) is 0 Å². The highest BCUT2D eigenvalue weighted by Crippen LogP contribution is 2.27. The van der Waals surface area contributed by atoms with Crippen LogP contribution in [0.2, 0.25) is 0 Å². The van der Waals surface area contributed by atoms with Crippen LogP contribution < -0.4 is 5.32 Å². The Balaban J connectivity index is 1.99. The summed E-state index contributed by atoms with van der Waals surface area (Å²) in [5.41, 5.74) is 0.909. The summed E-state index contributed by atoms with van der Waals surface area (Å²) in [4.78, 5) is 0. The van der Waals surface area contributed by atoms with Crippen LogP contribution in [-0.2, 0) is 0 Å². The van der Waals surface area contributed by atoms with E-state index < -0.39 is 0 Å². The number of aliphatic hydroxyl groups excluding tert-OH is 1. The summed E-state index contributed by atoms with van der Waals surface area (Å²) < 4.78 is 0. The van der Waals surface area contributed by atoms with Crippen LogP contribution in [0.1, 0.15) is 24.5 Å². The summed E-state index contributed by atoms with van der Waals surface area (Å²) in [6.45, 7) is 2.03. The Hall–Kier alpha value is -0.870. The molecule has 1 aliphatic heterocycles. The number of aliphatic hydroxyl groups is 1. The average Bonchev–Trinajstić information content (AvgIpc) is 2.71. The van der Waals surface area contributed by atoms with E-state index in [2.05, 4.69) is 15.5 Å². The molecule has 0 aliphatic carbocycles. The van der Waals surface area contributed by atoms with Gasteiger partial charge >= 0.3 is 0 Å². The van der Waals surface area contributed by atoms with Crippen molar-refractivity contribution in [3.8, 4) is 0 Å². The van der Waals surface area contributed by atoms with Gasteiger partial charge in [-0.05, 0) is 31.8 Å². The van der Waals surface area contributed by atoms with Crippen molar-refractivity contribution in [3.63, 3.8) is 0 Å². The van der Waals surface area contributed by atoms with Gasteiger partial charge in [0.25, 0.3) is 0 Å². The molecule has 0 saturated carbocycles. The van der Waals surface area contributed by atoms with Crippen LogP contribution in [0.4, 0.5) is 0 Å². The van der Waals surface area contributed by atoms with Crippen LogP contribution in [0.25, 0.3) is 0 Å². The minimum absolute atomic E-state index is 0.346. The third kappa shape index (κ3) is 1.89. The van der Waals surface area contributed by atoms with Gasteiger partial charge in [-0.1, -0.05) is 0 Å². The molecule has 4 nitrogen and oxygen atoms in total. The summed E-state index contributed by atoms with van der Waals surface area (Å²) in [6.07, 6.45) is 5.22. The molecule has 0 spiro atoms. The second-order valence-electron chi connectivity index (χ2n) is 3.56. The Morgan fingerprint density at radius 1 is 1.46 bits per heavy atom. The quantitative estimate of drug-likeness (QED) is 0.620. The van der Waals surface area contributed by atoms with Gasteiger partial charge in [-0.3, -0.25) is 5.10 Å². The van der Waals surface area contributed by atoms with E-state index in [1.165, 1.54) is 0 Å². The number of nitrogens with one attached hydrogen (secondary N) is 2. The lowest BCUT2D eigenvalue weighted by atomic mass is 9.89. The van der Waals surface area contributed by atoms with E-state index in [4.69, 9.17) is 0 Å². The highest BCUT2D eigenvalue weighted by atomic mass is 16.3. The van der Waals surface area contributed by atoms with Crippen molar-refractivity contribution in [2.45, 2.75) is 18.9 Å². The van der Waals surface area contributed by atoms with Gasteiger partial charge in [0.05, 0.1) is 12.3 Å². The molecule has 1 aliphatic rings. The van der Waals surface area contributed by atoms with E-state index >= 15 is 0 Å². The van der Waals surface area contributed by atoms with Gasteiger partial charge in [0, 0.05) is 11.8 Å². The standard InChI is InChI=1S/C9H15N3O/c13-9(8-5-11-12-6-8)7-1-3-10-4-2-7/h5-7,9-10,13H,1-4H2,(H,11,12). The molecule has 1 aromatic rings. The van der Waals surface area contributed by atoms with E-state index in [0.29, 0.717) is 5.92 Å². The Bertz CT molecular complexity index is 241. The molecular weight excluding hydrogens is 166 g/mol. The first-order valence-corrected chi connectivity index (χ1v) is 4.75. The van der Waals surface area contributed by atoms with Gasteiger partial charge in [-0.2, -0.15) is 5.10 Å². The fraction of sp³-hybridized carbons (Fsp3) is 0.667. The summed E-state index contributed by atoms with van der Waals surface area (Å²) in [5, 5.41) is 19.8. The summed E-state index contributed by atoms with van der Waals surface area (Å²) in [7, 11) is 0. The van der Waals surface area contributed by atoms with Crippen LogP contribution >= 0.6 is 0 Å². The maximum atomic E-state index is 9.95. The number of hydrogen-bond donors (Lipinski definition) is 3. The van der Waals surface area contributed by atoms with Crippen LogP contribution in [0.15, 0.2) is 12.4 Å². The second-order valence-corrected chi connectivity index (χ2v) is 3.56. The summed E-state index contributed by atoms with van der Waals surface area (Å²) >= 11 is 0. The molecule has 1 saturated heterocycles. The SMILES string of the molecule is OC(c1cn[nH]c1)C1CCNCC1. The van der Waals surface area contributed by atoms with Crippen LogP contribution in [0.5, 0.6) is 0 Å². The topological polar surface area (TPSA) is 60.9 Å². The van der Waals surface area contributed by atoms with Crippen molar-refractivity contribution in [1.82, 2.24) is 15.5 Å². The van der Waals surface area contributed by atoms with E-state index in [9.17, 15) is 5.11 Å². The van der Waals surface area contributed by atoms with Gasteiger partial charge < -0.3 is 10.4 Å². The average molecular weight is 181 g/mol. The fourth-order valence-electron chi connectivity index (χ4n) is 1.85. The number of hydrogen-bond acceptors (Lipinski definition) is 3. The van der Waals surface area contributed by atoms with E-state index in [0.717, 1.165) is 31.5 Å². The van der Waals surface area contributed by atoms with Crippen molar-refractivity contribution in [3.05, 3.63) is 18.0 Å². The Morgan fingerprint density at radius 3 is 2.85 bits per heavy atom. The van der Waals surface area contributed by atoms with Crippen LogP contribution in [0, 0.1) is 5.92 Å². The largest absolute Gasteiger partial charge is 0.388 e. The van der Waals surface area contributed by atoms with Gasteiger partial charge in [0.1, 0.15) is 0 Å². The Labute approximate surface area is 77.4 Å². The molecule has 0 aromatic carbocycles. The molecule has 1 fully saturated rings. The molecular formula is C9H15N3O. The molecule has 2 rings (SSSR count). The summed E-state index contributed by atoms with van der Waals surface area (Å²) in [6, 6.07) is 0. The molecule has 0 bridgehead atoms. The van der Waals surface area contributed by atoms with Gasteiger partial charge in [-0.25, -0.2) is 0 Å². The first kappa shape index (κ1) is 8.72. The lowest BCUT2D eigenvalue weighted by Crippen LogP contribution is -2.30. The number of H-pyrrole nitrogens is 1. The molecule has 2 heterocycles. The molecule has 72 valence electrons. The van der Waals surface area contributed by atoms with Gasteiger partial charge in [0.15, 0.2) is 0 Å². The molecule has 0 amide bonds. The fourth-order valence-corrected chi connectivity index (χ4v) is 1.85. The third-order valence-corrected chi connectivity index (χ3v) is 2.69. The Kier molecular flexibility index (Phi) is 2.61. The predicted octanol–water partition coefficient (Wildman–Crippen LogP) is 0.443. The highest BCUT2D eigenvalue weighted by molar-refractivity contribution is 5.08. The first-order valence-electron chi connectivity index (χ1n) is 4.75. The number of piperidine rings is 1. The molecule has 1 unspecified atom stereocenters. The smallest absolute Gasteiger partial charge is 0.0849 e. The normalized spacial score (nSPS) is 21.6. The maximum absolute atomic E-state index is 9.95. The second kappa shape index (κ2) is 3.89. The number of rotatable bonds is 2. The zero-order valence-corrected chi connectivity index (χ0v) is 7.53. The van der Waals surface area contributed by atoms with Gasteiger partial charge in [0.2, 0.25) is 0 Å². The zero-order valence-electron chi connectivity index (χ0n) is 7.53. The van der Waals surface area contributed by atoms with E-state index in [1.807, 2.05) is 0 Å². The third-order valence-electron chi connectivity index (χ3n) is 2.69. The van der Waals surface area contributed by atoms with Crippen LogP contribution in [-0.4, -0.2) is 28.4 Å². The number of nitrogens with zero attached hydrogens (tertiary/aromatic N) is 1. The molecule has 4 heteroatoms. The highest BCUT2D eigenvalue weighted by Gasteiger charge is 2.23. The van der Waals surface area contributed by atoms with Crippen molar-refractivity contribution in [2.75, 3.05) is 13.1 Å². The maximum Gasteiger partial charge on any atom is 0.0849 e. The molecule has 1 aromatic heterocycles. The van der Waals surface area contributed by atoms with Crippen molar-refractivity contribution < 1.29 is 5.11 Å². The predicted molar refractivity (Wildman–Crippen MR) is 49.1 cm³/mol. The number of aromatic nitrogens is 2. The molecule has 1 atom stereocenters. The Morgan fingerprint density at radius 2 is 2.23 bits per heavy atom. The minimum atomic E-state index is -0.346. The lowest BCUT2D eigenvalue weighted by Gasteiger charge is -2.26. The van der Waals surface area contributed by atoms with E-state index in [1.54, 1.807) is 12.4 Å². The molecule has 3 N–H and O–H groups in total. The van der Waals surface area contributed by atoms with E-state index in [-0.39, 0.29) is 6.10 Å².